The van der Waals surface area contributed by atoms with Crippen LogP contribution >= 0.6 is 11.3 Å². The summed E-state index contributed by atoms with van der Waals surface area (Å²) in [5.74, 6) is -0.00703. The first-order chi connectivity index (χ1) is 10.7. The maximum atomic E-state index is 10.8. The molecule has 6 heteroatoms. The second kappa shape index (κ2) is 7.06. The van der Waals surface area contributed by atoms with Crippen molar-refractivity contribution < 1.29 is 9.90 Å². The highest BCUT2D eigenvalue weighted by atomic mass is 32.1. The number of nitrogens with one attached hydrogen (secondary N) is 1. The van der Waals surface area contributed by atoms with E-state index < -0.39 is 5.97 Å². The minimum Gasteiger partial charge on any atom is -0.480 e. The van der Waals surface area contributed by atoms with Crippen LogP contribution in [0.25, 0.3) is 0 Å². The van der Waals surface area contributed by atoms with E-state index in [4.69, 9.17) is 5.11 Å². The Kier molecular flexibility index (Phi) is 5.10. The maximum Gasteiger partial charge on any atom is 0.317 e. The van der Waals surface area contributed by atoms with Crippen molar-refractivity contribution in [3.05, 3.63) is 16.1 Å². The van der Waals surface area contributed by atoms with Gasteiger partial charge in [0, 0.05) is 35.6 Å². The molecule has 122 valence electrons. The van der Waals surface area contributed by atoms with Gasteiger partial charge >= 0.3 is 5.97 Å². The van der Waals surface area contributed by atoms with E-state index in [1.807, 2.05) is 24.5 Å². The molecule has 1 aromatic heterocycles. The first kappa shape index (κ1) is 15.9. The van der Waals surface area contributed by atoms with Crippen molar-refractivity contribution in [3.8, 4) is 0 Å². The lowest BCUT2D eigenvalue weighted by atomic mass is 9.85. The first-order valence-corrected chi connectivity index (χ1v) is 9.11. The molecule has 2 N–H and O–H groups in total. The Bertz CT molecular complexity index is 509. The standard InChI is InChI=1S/C16H25N3O2S/c1-2-19(10-15(20)21)13-6-12(7-13)17-8-14-9-18-16(22-14)11-4-3-5-11/h9,11-13,17H,2-8,10H2,1H3,(H,20,21). The smallest absolute Gasteiger partial charge is 0.317 e. The van der Waals surface area contributed by atoms with Crippen LogP contribution in [0.5, 0.6) is 0 Å². The van der Waals surface area contributed by atoms with Gasteiger partial charge in [-0.15, -0.1) is 11.3 Å². The van der Waals surface area contributed by atoms with Crippen molar-refractivity contribution in [2.45, 2.75) is 63.6 Å². The highest BCUT2D eigenvalue weighted by molar-refractivity contribution is 7.11. The Hall–Kier alpha value is -0.980. The van der Waals surface area contributed by atoms with E-state index in [0.29, 0.717) is 12.1 Å². The Labute approximate surface area is 135 Å². The summed E-state index contributed by atoms with van der Waals surface area (Å²) in [6, 6.07) is 0.938. The number of thiazole rings is 1. The summed E-state index contributed by atoms with van der Waals surface area (Å²) < 4.78 is 0. The van der Waals surface area contributed by atoms with E-state index in [1.165, 1.54) is 29.1 Å². The number of carboxylic acids is 1. The first-order valence-electron chi connectivity index (χ1n) is 8.29. The largest absolute Gasteiger partial charge is 0.480 e. The van der Waals surface area contributed by atoms with Crippen molar-refractivity contribution in [3.63, 3.8) is 0 Å². The molecule has 0 spiro atoms. The summed E-state index contributed by atoms with van der Waals surface area (Å²) in [5.41, 5.74) is 0. The maximum absolute atomic E-state index is 10.8. The second-order valence-corrected chi connectivity index (χ2v) is 7.60. The fourth-order valence-electron chi connectivity index (χ4n) is 3.22. The van der Waals surface area contributed by atoms with Crippen LogP contribution in [0.4, 0.5) is 0 Å². The topological polar surface area (TPSA) is 65.5 Å². The average molecular weight is 323 g/mol. The molecule has 0 atom stereocenters. The van der Waals surface area contributed by atoms with Crippen LogP contribution in [0.2, 0.25) is 0 Å². The van der Waals surface area contributed by atoms with Crippen LogP contribution in [0.3, 0.4) is 0 Å². The zero-order chi connectivity index (χ0) is 15.5. The van der Waals surface area contributed by atoms with Gasteiger partial charge in [0.25, 0.3) is 0 Å². The molecular formula is C16H25N3O2S. The van der Waals surface area contributed by atoms with Gasteiger partial charge < -0.3 is 10.4 Å². The zero-order valence-electron chi connectivity index (χ0n) is 13.1. The van der Waals surface area contributed by atoms with E-state index >= 15 is 0 Å². The van der Waals surface area contributed by atoms with Crippen LogP contribution < -0.4 is 5.32 Å². The minimum absolute atomic E-state index is 0.160. The van der Waals surface area contributed by atoms with Gasteiger partial charge in [-0.1, -0.05) is 13.3 Å². The Morgan fingerprint density at radius 1 is 1.50 bits per heavy atom. The van der Waals surface area contributed by atoms with Crippen molar-refractivity contribution in [1.29, 1.82) is 0 Å². The molecule has 2 aliphatic carbocycles. The van der Waals surface area contributed by atoms with Gasteiger partial charge in [0.05, 0.1) is 11.6 Å². The van der Waals surface area contributed by atoms with Gasteiger partial charge in [-0.3, -0.25) is 9.69 Å². The number of aliphatic carboxylic acids is 1. The molecule has 0 aromatic carbocycles. The van der Waals surface area contributed by atoms with Crippen LogP contribution in [0, 0.1) is 0 Å². The fourth-order valence-corrected chi connectivity index (χ4v) is 4.26. The number of likely N-dealkylation sites (N-methyl/N-ethyl adjacent to an activating group) is 1. The Morgan fingerprint density at radius 3 is 2.86 bits per heavy atom. The highest BCUT2D eigenvalue weighted by Crippen LogP contribution is 2.38. The van der Waals surface area contributed by atoms with Crippen LogP contribution in [-0.4, -0.2) is 46.1 Å². The van der Waals surface area contributed by atoms with Crippen LogP contribution in [-0.2, 0) is 11.3 Å². The predicted molar refractivity (Wildman–Crippen MR) is 87.2 cm³/mol. The molecule has 2 saturated carbocycles. The van der Waals surface area contributed by atoms with Crippen LogP contribution in [0.15, 0.2) is 6.20 Å². The molecule has 1 aromatic rings. The monoisotopic (exact) mass is 323 g/mol. The Balaban J connectivity index is 1.38. The molecule has 0 aliphatic heterocycles. The highest BCUT2D eigenvalue weighted by Gasteiger charge is 2.33. The number of carbonyl (C=O) groups is 1. The summed E-state index contributed by atoms with van der Waals surface area (Å²) in [5, 5.41) is 13.8. The third-order valence-corrected chi connectivity index (χ3v) is 6.12. The molecule has 2 fully saturated rings. The molecule has 1 heterocycles. The summed E-state index contributed by atoms with van der Waals surface area (Å²) in [6.45, 7) is 3.90. The summed E-state index contributed by atoms with van der Waals surface area (Å²) >= 11 is 1.85. The number of aromatic nitrogens is 1. The van der Waals surface area contributed by atoms with Gasteiger partial charge in [-0.2, -0.15) is 0 Å². The third kappa shape index (κ3) is 3.67. The number of nitrogens with zero attached hydrogens (tertiary/aromatic N) is 2. The number of hydrogen-bond donors (Lipinski definition) is 2. The Morgan fingerprint density at radius 2 is 2.27 bits per heavy atom. The normalized spacial score (nSPS) is 25.0. The molecule has 0 bridgehead atoms. The quantitative estimate of drug-likeness (QED) is 0.769. The van der Waals surface area contributed by atoms with Crippen molar-refractivity contribution in [2.75, 3.05) is 13.1 Å². The molecule has 0 amide bonds. The minimum atomic E-state index is -0.730. The number of hydrogen-bond acceptors (Lipinski definition) is 5. The molecular weight excluding hydrogens is 298 g/mol. The lowest BCUT2D eigenvalue weighted by Crippen LogP contribution is -2.53. The summed E-state index contributed by atoms with van der Waals surface area (Å²) in [6.07, 6.45) is 8.09. The van der Waals surface area contributed by atoms with Gasteiger partial charge in [-0.25, -0.2) is 4.98 Å². The third-order valence-electron chi connectivity index (χ3n) is 4.96. The predicted octanol–water partition coefficient (Wildman–Crippen LogP) is 2.44. The molecule has 2 aliphatic rings. The summed E-state index contributed by atoms with van der Waals surface area (Å²) in [7, 11) is 0. The fraction of sp³-hybridized carbons (Fsp3) is 0.750. The van der Waals surface area contributed by atoms with E-state index in [1.54, 1.807) is 0 Å². The lowest BCUT2D eigenvalue weighted by molar-refractivity contribution is -0.139. The van der Waals surface area contributed by atoms with Crippen LogP contribution in [0.1, 0.15) is 54.8 Å². The SMILES string of the molecule is CCN(CC(=O)O)C1CC(NCc2cnc(C3CCC3)s2)C1. The number of carboxylic acid groups (broad SMARTS) is 1. The van der Waals surface area contributed by atoms with E-state index in [2.05, 4.69) is 15.2 Å². The van der Waals surface area contributed by atoms with Gasteiger partial charge in [0.15, 0.2) is 0 Å². The molecule has 22 heavy (non-hydrogen) atoms. The van der Waals surface area contributed by atoms with E-state index in [0.717, 1.165) is 31.8 Å². The summed E-state index contributed by atoms with van der Waals surface area (Å²) in [4.78, 5) is 18.8. The second-order valence-electron chi connectivity index (χ2n) is 6.45. The van der Waals surface area contributed by atoms with E-state index in [9.17, 15) is 4.79 Å². The van der Waals surface area contributed by atoms with Crippen molar-refractivity contribution in [2.24, 2.45) is 0 Å². The van der Waals surface area contributed by atoms with Crippen molar-refractivity contribution >= 4 is 17.3 Å². The number of rotatable bonds is 8. The molecule has 5 nitrogen and oxygen atoms in total. The average Bonchev–Trinajstić information content (AvgIpc) is 2.81. The molecule has 0 unspecified atom stereocenters. The van der Waals surface area contributed by atoms with Gasteiger partial charge in [-0.05, 0) is 32.2 Å². The van der Waals surface area contributed by atoms with Gasteiger partial charge in [0.2, 0.25) is 0 Å². The molecule has 0 radical (unpaired) electrons. The molecule has 3 rings (SSSR count). The van der Waals surface area contributed by atoms with E-state index in [-0.39, 0.29) is 6.54 Å². The van der Waals surface area contributed by atoms with Gasteiger partial charge in [0.1, 0.15) is 0 Å². The molecule has 0 saturated heterocycles. The van der Waals surface area contributed by atoms with Crippen molar-refractivity contribution in [1.82, 2.24) is 15.2 Å². The lowest BCUT2D eigenvalue weighted by Gasteiger charge is -2.42. The zero-order valence-corrected chi connectivity index (χ0v) is 13.9.